The van der Waals surface area contributed by atoms with E-state index in [-0.39, 0.29) is 15.1 Å². The smallest absolute Gasteiger partial charge is 0.278 e. The van der Waals surface area contributed by atoms with Crippen molar-refractivity contribution in [1.29, 1.82) is 0 Å². The van der Waals surface area contributed by atoms with Crippen LogP contribution in [0.3, 0.4) is 0 Å². The van der Waals surface area contributed by atoms with E-state index in [1.807, 2.05) is 0 Å². The lowest BCUT2D eigenvalue weighted by Gasteiger charge is -2.00. The van der Waals surface area contributed by atoms with E-state index in [4.69, 9.17) is 5.21 Å². The Labute approximate surface area is 96.5 Å². The molecular weight excluding hydrogens is 284 g/mol. The van der Waals surface area contributed by atoms with Gasteiger partial charge in [-0.25, -0.2) is 0 Å². The maximum Gasteiger partial charge on any atom is 0.297 e. The van der Waals surface area contributed by atoms with Crippen molar-refractivity contribution in [3.8, 4) is 0 Å². The average molecular weight is 287 g/mol. The number of nitro groups is 1. The van der Waals surface area contributed by atoms with E-state index in [9.17, 15) is 19.7 Å². The third kappa shape index (κ3) is 1.24. The number of amides is 2. The summed E-state index contributed by atoms with van der Waals surface area (Å²) in [7, 11) is 0. The zero-order valence-electron chi connectivity index (χ0n) is 7.51. The molecule has 8 heteroatoms. The quantitative estimate of drug-likeness (QED) is 0.363. The Morgan fingerprint density at radius 2 is 1.94 bits per heavy atom. The first-order valence-electron chi connectivity index (χ1n) is 3.99. The highest BCUT2D eigenvalue weighted by Gasteiger charge is 2.41. The van der Waals surface area contributed by atoms with E-state index >= 15 is 0 Å². The molecule has 0 radical (unpaired) electrons. The fraction of sp³-hybridized carbons (Fsp3) is 0. The molecule has 0 bridgehead atoms. The van der Waals surface area contributed by atoms with Crippen LogP contribution < -0.4 is 0 Å². The van der Waals surface area contributed by atoms with Crippen molar-refractivity contribution in [3.05, 3.63) is 37.8 Å². The lowest BCUT2D eigenvalue weighted by Crippen LogP contribution is -2.25. The lowest BCUT2D eigenvalue weighted by molar-refractivity contribution is -0.386. The highest BCUT2D eigenvalue weighted by molar-refractivity contribution is 9.10. The topological polar surface area (TPSA) is 101 Å². The first-order valence-corrected chi connectivity index (χ1v) is 4.79. The maximum absolute atomic E-state index is 11.4. The predicted molar refractivity (Wildman–Crippen MR) is 53.1 cm³/mol. The highest BCUT2D eigenvalue weighted by Crippen LogP contribution is 2.35. The number of hydrogen-bond acceptors (Lipinski definition) is 5. The van der Waals surface area contributed by atoms with Crippen LogP contribution in [0.1, 0.15) is 20.7 Å². The van der Waals surface area contributed by atoms with Gasteiger partial charge in [-0.3, -0.25) is 24.9 Å². The number of nitrogens with zero attached hydrogens (tertiary/aromatic N) is 2. The number of halogens is 1. The standard InChI is InChI=1S/C8H3BrN2O5/c9-4-2-1-3-5(6(4)11(15)16)8(13)10(14)7(3)12/h1-2,14H. The van der Waals surface area contributed by atoms with Crippen LogP contribution in [0.2, 0.25) is 0 Å². The summed E-state index contributed by atoms with van der Waals surface area (Å²) < 4.78 is 0.0766. The van der Waals surface area contributed by atoms with Crippen LogP contribution in [0.25, 0.3) is 0 Å². The maximum atomic E-state index is 11.4. The summed E-state index contributed by atoms with van der Waals surface area (Å²) in [5, 5.41) is 19.7. The zero-order chi connectivity index (χ0) is 12.0. The minimum atomic E-state index is -1.09. The van der Waals surface area contributed by atoms with Gasteiger partial charge >= 0.3 is 0 Å². The number of benzene rings is 1. The molecule has 0 aliphatic carbocycles. The molecule has 1 aliphatic rings. The molecule has 7 nitrogen and oxygen atoms in total. The Hall–Kier alpha value is -1.80. The Morgan fingerprint density at radius 3 is 2.50 bits per heavy atom. The van der Waals surface area contributed by atoms with Crippen LogP contribution in [0.4, 0.5) is 5.69 Å². The van der Waals surface area contributed by atoms with E-state index in [1.54, 1.807) is 0 Å². The van der Waals surface area contributed by atoms with Crippen molar-refractivity contribution in [2.24, 2.45) is 0 Å². The van der Waals surface area contributed by atoms with Crippen molar-refractivity contribution in [3.63, 3.8) is 0 Å². The third-order valence-corrected chi connectivity index (χ3v) is 2.78. The molecule has 0 atom stereocenters. The second-order valence-corrected chi connectivity index (χ2v) is 3.85. The summed E-state index contributed by atoms with van der Waals surface area (Å²) >= 11 is 2.91. The van der Waals surface area contributed by atoms with Crippen LogP contribution in [0.5, 0.6) is 0 Å². The van der Waals surface area contributed by atoms with Gasteiger partial charge in [0.15, 0.2) is 0 Å². The van der Waals surface area contributed by atoms with Gasteiger partial charge in [0.2, 0.25) is 0 Å². The van der Waals surface area contributed by atoms with Gasteiger partial charge in [0.1, 0.15) is 5.56 Å². The van der Waals surface area contributed by atoms with Crippen molar-refractivity contribution in [2.45, 2.75) is 0 Å². The zero-order valence-corrected chi connectivity index (χ0v) is 9.09. The van der Waals surface area contributed by atoms with Gasteiger partial charge in [0, 0.05) is 0 Å². The summed E-state index contributed by atoms with van der Waals surface area (Å²) in [6.07, 6.45) is 0. The van der Waals surface area contributed by atoms with Crippen LogP contribution in [-0.4, -0.2) is 27.0 Å². The van der Waals surface area contributed by atoms with Crippen molar-refractivity contribution in [2.75, 3.05) is 0 Å². The van der Waals surface area contributed by atoms with Crippen LogP contribution in [0, 0.1) is 10.1 Å². The summed E-state index contributed by atoms with van der Waals surface area (Å²) in [5.74, 6) is -2.05. The predicted octanol–water partition coefficient (Wildman–Crippen LogP) is 1.34. The highest BCUT2D eigenvalue weighted by atomic mass is 79.9. The number of nitro benzene ring substituents is 1. The normalized spacial score (nSPS) is 14.2. The fourth-order valence-corrected chi connectivity index (χ4v) is 1.93. The molecule has 2 amide bonds. The minimum absolute atomic E-state index is 0.0766. The van der Waals surface area contributed by atoms with E-state index in [1.165, 1.54) is 12.1 Å². The van der Waals surface area contributed by atoms with Gasteiger partial charge in [-0.05, 0) is 28.1 Å². The molecule has 82 valence electrons. The Balaban J connectivity index is 2.81. The molecule has 16 heavy (non-hydrogen) atoms. The van der Waals surface area contributed by atoms with Gasteiger partial charge in [-0.15, -0.1) is 5.06 Å². The van der Waals surface area contributed by atoms with Gasteiger partial charge in [-0.1, -0.05) is 0 Å². The number of rotatable bonds is 1. The molecule has 0 unspecified atom stereocenters. The second kappa shape index (κ2) is 3.35. The molecule has 0 aromatic heterocycles. The number of imide groups is 1. The number of carbonyl (C=O) groups excluding carboxylic acids is 2. The van der Waals surface area contributed by atoms with Crippen molar-refractivity contribution >= 4 is 33.4 Å². The van der Waals surface area contributed by atoms with Gasteiger partial charge in [0.05, 0.1) is 15.0 Å². The molecule has 2 rings (SSSR count). The molecule has 0 spiro atoms. The molecule has 0 saturated carbocycles. The molecule has 0 fully saturated rings. The molecule has 1 heterocycles. The monoisotopic (exact) mass is 286 g/mol. The molecule has 1 aromatic carbocycles. The van der Waals surface area contributed by atoms with Gasteiger partial charge < -0.3 is 0 Å². The first kappa shape index (κ1) is 10.7. The largest absolute Gasteiger partial charge is 0.297 e. The lowest BCUT2D eigenvalue weighted by atomic mass is 10.1. The summed E-state index contributed by atoms with van der Waals surface area (Å²) in [6.45, 7) is 0. The van der Waals surface area contributed by atoms with Crippen LogP contribution >= 0.6 is 15.9 Å². The Morgan fingerprint density at radius 1 is 1.31 bits per heavy atom. The van der Waals surface area contributed by atoms with Crippen molar-refractivity contribution in [1.82, 2.24) is 5.06 Å². The molecule has 1 aromatic rings. The van der Waals surface area contributed by atoms with E-state index in [0.29, 0.717) is 0 Å². The first-order chi connectivity index (χ1) is 7.45. The summed E-state index contributed by atoms with van der Waals surface area (Å²) in [6, 6.07) is 2.52. The number of hydrogen-bond donors (Lipinski definition) is 1. The number of fused-ring (bicyclic) bond motifs is 1. The van der Waals surface area contributed by atoms with Crippen LogP contribution in [0.15, 0.2) is 16.6 Å². The van der Waals surface area contributed by atoms with Crippen molar-refractivity contribution < 1.29 is 19.7 Å². The summed E-state index contributed by atoms with van der Waals surface area (Å²) in [4.78, 5) is 32.7. The van der Waals surface area contributed by atoms with E-state index < -0.39 is 28.0 Å². The van der Waals surface area contributed by atoms with Gasteiger partial charge in [0.25, 0.3) is 17.5 Å². The molecule has 1 aliphatic heterocycles. The molecule has 0 saturated heterocycles. The Kier molecular flexibility index (Phi) is 2.25. The van der Waals surface area contributed by atoms with Gasteiger partial charge in [-0.2, -0.15) is 0 Å². The molecular formula is C8H3BrN2O5. The SMILES string of the molecule is O=C1c2ccc(Br)c([N+](=O)[O-])c2C(=O)N1O. The number of hydroxylamine groups is 2. The fourth-order valence-electron chi connectivity index (χ4n) is 1.45. The average Bonchev–Trinajstić information content (AvgIpc) is 2.43. The third-order valence-electron chi connectivity index (χ3n) is 2.14. The van der Waals surface area contributed by atoms with E-state index in [0.717, 1.165) is 0 Å². The minimum Gasteiger partial charge on any atom is -0.278 e. The van der Waals surface area contributed by atoms with E-state index in [2.05, 4.69) is 15.9 Å². The Bertz CT molecular complexity index is 541. The molecule has 1 N–H and O–H groups in total. The second-order valence-electron chi connectivity index (χ2n) is 3.00. The summed E-state index contributed by atoms with van der Waals surface area (Å²) in [5.41, 5.74) is -1.10. The van der Waals surface area contributed by atoms with Crippen LogP contribution in [-0.2, 0) is 0 Å². The number of carbonyl (C=O) groups is 2.